The standard InChI is InChI=1S/C31H27FN4O2/c32-29-15-6-5-10-24(29)22-38-28-14-9-11-23(19-28)30-26(21-36(34-30)27-12-3-1-4-13-27)18-25(20-33)31(37)35-16-7-2-8-17-35/h1,3-6,9-15,18-19,21H,2,7-8,16-17,22H2. The number of benzene rings is 3. The van der Waals surface area contributed by atoms with Gasteiger partial charge in [0.2, 0.25) is 0 Å². The fourth-order valence-electron chi connectivity index (χ4n) is 4.50. The third kappa shape index (κ3) is 5.65. The summed E-state index contributed by atoms with van der Waals surface area (Å²) in [6, 6.07) is 25.6. The van der Waals surface area contributed by atoms with E-state index < -0.39 is 0 Å². The molecular weight excluding hydrogens is 479 g/mol. The summed E-state index contributed by atoms with van der Waals surface area (Å²) in [6.45, 7) is 1.41. The molecule has 6 nitrogen and oxygen atoms in total. The molecule has 1 aliphatic rings. The topological polar surface area (TPSA) is 71.1 Å². The van der Waals surface area contributed by atoms with E-state index in [9.17, 15) is 14.4 Å². The molecule has 0 unspecified atom stereocenters. The van der Waals surface area contributed by atoms with Crippen LogP contribution in [-0.4, -0.2) is 33.7 Å². The summed E-state index contributed by atoms with van der Waals surface area (Å²) in [7, 11) is 0. The number of nitrogens with zero attached hydrogens (tertiary/aromatic N) is 4. The van der Waals surface area contributed by atoms with Gasteiger partial charge in [-0.15, -0.1) is 0 Å². The fourth-order valence-corrected chi connectivity index (χ4v) is 4.50. The Hall–Kier alpha value is -4.70. The lowest BCUT2D eigenvalue weighted by molar-refractivity contribution is -0.127. The lowest BCUT2D eigenvalue weighted by Crippen LogP contribution is -2.36. The van der Waals surface area contributed by atoms with E-state index in [4.69, 9.17) is 9.84 Å². The van der Waals surface area contributed by atoms with Gasteiger partial charge < -0.3 is 9.64 Å². The van der Waals surface area contributed by atoms with E-state index in [0.717, 1.165) is 30.5 Å². The van der Waals surface area contributed by atoms with E-state index in [-0.39, 0.29) is 23.9 Å². The van der Waals surface area contributed by atoms with Crippen LogP contribution < -0.4 is 4.74 Å². The molecule has 1 saturated heterocycles. The maximum atomic E-state index is 14.1. The Morgan fingerprint density at radius 3 is 2.53 bits per heavy atom. The maximum Gasteiger partial charge on any atom is 0.264 e. The molecule has 0 radical (unpaired) electrons. The number of rotatable bonds is 7. The average Bonchev–Trinajstić information content (AvgIpc) is 3.40. The Morgan fingerprint density at radius 2 is 1.76 bits per heavy atom. The van der Waals surface area contributed by atoms with Gasteiger partial charge in [0.05, 0.1) is 5.69 Å². The number of halogens is 1. The summed E-state index contributed by atoms with van der Waals surface area (Å²) < 4.78 is 21.7. The van der Waals surface area contributed by atoms with E-state index >= 15 is 0 Å². The van der Waals surface area contributed by atoms with Crippen molar-refractivity contribution < 1.29 is 13.9 Å². The molecule has 0 aliphatic carbocycles. The van der Waals surface area contributed by atoms with Gasteiger partial charge in [-0.1, -0.05) is 48.5 Å². The smallest absolute Gasteiger partial charge is 0.264 e. The third-order valence-electron chi connectivity index (χ3n) is 6.52. The molecule has 7 heteroatoms. The van der Waals surface area contributed by atoms with Crippen LogP contribution in [0.1, 0.15) is 30.4 Å². The quantitative estimate of drug-likeness (QED) is 0.222. The number of ether oxygens (including phenoxy) is 1. The first kappa shape index (κ1) is 25.0. The van der Waals surface area contributed by atoms with E-state index in [0.29, 0.717) is 35.7 Å². The normalized spacial score (nSPS) is 13.7. The van der Waals surface area contributed by atoms with Gasteiger partial charge in [0, 0.05) is 36.0 Å². The van der Waals surface area contributed by atoms with Crippen molar-refractivity contribution in [2.75, 3.05) is 13.1 Å². The number of para-hydroxylation sites is 1. The van der Waals surface area contributed by atoms with Gasteiger partial charge in [-0.05, 0) is 55.7 Å². The van der Waals surface area contributed by atoms with Gasteiger partial charge in [-0.2, -0.15) is 10.4 Å². The number of aromatic nitrogens is 2. The van der Waals surface area contributed by atoms with Crippen LogP contribution in [0.25, 0.3) is 23.0 Å². The summed E-state index contributed by atoms with van der Waals surface area (Å²) in [4.78, 5) is 14.9. The van der Waals surface area contributed by atoms with Crippen molar-refractivity contribution in [3.8, 4) is 28.8 Å². The van der Waals surface area contributed by atoms with Crippen molar-refractivity contribution >= 4 is 12.0 Å². The monoisotopic (exact) mass is 506 g/mol. The number of amides is 1. The molecule has 0 N–H and O–H groups in total. The van der Waals surface area contributed by atoms with Gasteiger partial charge in [-0.3, -0.25) is 4.79 Å². The molecule has 0 spiro atoms. The largest absolute Gasteiger partial charge is 0.489 e. The van der Waals surface area contributed by atoms with Crippen LogP contribution in [0.5, 0.6) is 5.75 Å². The minimum Gasteiger partial charge on any atom is -0.489 e. The van der Waals surface area contributed by atoms with Crippen LogP contribution in [0.4, 0.5) is 4.39 Å². The predicted octanol–water partition coefficient (Wildman–Crippen LogP) is 6.18. The SMILES string of the molecule is N#CC(=Cc1cn(-c2ccccc2)nc1-c1cccc(OCc2ccccc2F)c1)C(=O)N1CCCCC1. The van der Waals surface area contributed by atoms with Crippen molar-refractivity contribution in [1.29, 1.82) is 5.26 Å². The molecule has 190 valence electrons. The van der Waals surface area contributed by atoms with E-state index in [1.54, 1.807) is 39.9 Å². The van der Waals surface area contributed by atoms with Gasteiger partial charge >= 0.3 is 0 Å². The number of hydrogen-bond donors (Lipinski definition) is 0. The highest BCUT2D eigenvalue weighted by Crippen LogP contribution is 2.29. The molecule has 38 heavy (non-hydrogen) atoms. The molecule has 1 aliphatic heterocycles. The highest BCUT2D eigenvalue weighted by Gasteiger charge is 2.22. The van der Waals surface area contributed by atoms with Crippen LogP contribution in [0.3, 0.4) is 0 Å². The zero-order valence-corrected chi connectivity index (χ0v) is 20.9. The van der Waals surface area contributed by atoms with E-state index in [1.165, 1.54) is 6.07 Å². The van der Waals surface area contributed by atoms with Gasteiger partial charge in [0.15, 0.2) is 0 Å². The third-order valence-corrected chi connectivity index (χ3v) is 6.52. The molecule has 0 saturated carbocycles. The molecule has 4 aromatic rings. The van der Waals surface area contributed by atoms with Gasteiger partial charge in [0.1, 0.15) is 35.5 Å². The lowest BCUT2D eigenvalue weighted by Gasteiger charge is -2.26. The van der Waals surface area contributed by atoms with Crippen molar-refractivity contribution in [3.63, 3.8) is 0 Å². The second-order valence-electron chi connectivity index (χ2n) is 9.14. The molecule has 3 aromatic carbocycles. The number of carbonyl (C=O) groups excluding carboxylic acids is 1. The molecule has 0 atom stereocenters. The predicted molar refractivity (Wildman–Crippen MR) is 144 cm³/mol. The summed E-state index contributed by atoms with van der Waals surface area (Å²) in [5, 5.41) is 14.7. The van der Waals surface area contributed by atoms with E-state index in [2.05, 4.69) is 6.07 Å². The number of carbonyl (C=O) groups is 1. The highest BCUT2D eigenvalue weighted by atomic mass is 19.1. The van der Waals surface area contributed by atoms with Crippen LogP contribution in [0.2, 0.25) is 0 Å². The number of piperidine rings is 1. The Kier molecular flexibility index (Phi) is 7.60. The van der Waals surface area contributed by atoms with Crippen LogP contribution >= 0.6 is 0 Å². The first-order valence-corrected chi connectivity index (χ1v) is 12.6. The van der Waals surface area contributed by atoms with Crippen LogP contribution in [-0.2, 0) is 11.4 Å². The minimum absolute atomic E-state index is 0.0766. The second-order valence-corrected chi connectivity index (χ2v) is 9.14. The van der Waals surface area contributed by atoms with Crippen molar-refractivity contribution in [2.45, 2.75) is 25.9 Å². The van der Waals surface area contributed by atoms with Gasteiger partial charge in [-0.25, -0.2) is 9.07 Å². The summed E-state index contributed by atoms with van der Waals surface area (Å²) in [5.41, 5.74) is 3.38. The molecule has 1 amide bonds. The Balaban J connectivity index is 1.50. The minimum atomic E-state index is -0.319. The molecule has 1 aromatic heterocycles. The Labute approximate surface area is 221 Å². The summed E-state index contributed by atoms with van der Waals surface area (Å²) in [6.07, 6.45) is 6.42. The van der Waals surface area contributed by atoms with Crippen LogP contribution in [0.15, 0.2) is 90.6 Å². The summed E-state index contributed by atoms with van der Waals surface area (Å²) >= 11 is 0. The average molecular weight is 507 g/mol. The molecule has 5 rings (SSSR count). The second kappa shape index (κ2) is 11.6. The molecular formula is C31H27FN4O2. The first-order chi connectivity index (χ1) is 18.6. The van der Waals surface area contributed by atoms with Crippen LogP contribution in [0, 0.1) is 17.1 Å². The van der Waals surface area contributed by atoms with Crippen molar-refractivity contribution in [3.05, 3.63) is 108 Å². The highest BCUT2D eigenvalue weighted by molar-refractivity contribution is 6.02. The Bertz CT molecular complexity index is 1500. The fraction of sp³-hybridized carbons (Fsp3) is 0.194. The Morgan fingerprint density at radius 1 is 1.00 bits per heavy atom. The number of hydrogen-bond acceptors (Lipinski definition) is 4. The molecule has 2 heterocycles. The number of likely N-dealkylation sites (tertiary alicyclic amines) is 1. The lowest BCUT2D eigenvalue weighted by atomic mass is 10.0. The van der Waals surface area contributed by atoms with E-state index in [1.807, 2.05) is 54.7 Å². The number of nitriles is 1. The van der Waals surface area contributed by atoms with Gasteiger partial charge in [0.25, 0.3) is 5.91 Å². The van der Waals surface area contributed by atoms with Crippen molar-refractivity contribution in [2.24, 2.45) is 0 Å². The first-order valence-electron chi connectivity index (χ1n) is 12.6. The zero-order chi connectivity index (χ0) is 26.3. The molecule has 1 fully saturated rings. The van der Waals surface area contributed by atoms with Crippen molar-refractivity contribution in [1.82, 2.24) is 14.7 Å². The molecule has 0 bridgehead atoms. The maximum absolute atomic E-state index is 14.1. The summed E-state index contributed by atoms with van der Waals surface area (Å²) in [5.74, 6) is -0.0208. The zero-order valence-electron chi connectivity index (χ0n) is 20.9.